The van der Waals surface area contributed by atoms with Gasteiger partial charge in [-0.3, -0.25) is 0 Å². The Morgan fingerprint density at radius 3 is 2.45 bits per heavy atom. The third-order valence-corrected chi connectivity index (χ3v) is 5.87. The van der Waals surface area contributed by atoms with E-state index in [1.54, 1.807) is 18.9 Å². The summed E-state index contributed by atoms with van der Waals surface area (Å²) in [4.78, 5) is 1.38. The van der Waals surface area contributed by atoms with Crippen molar-refractivity contribution in [1.29, 1.82) is 0 Å². The van der Waals surface area contributed by atoms with E-state index < -0.39 is 0 Å². The fraction of sp³-hybridized carbons (Fsp3) is 0.381. The van der Waals surface area contributed by atoms with Crippen molar-refractivity contribution in [2.75, 3.05) is 20.8 Å². The van der Waals surface area contributed by atoms with E-state index in [1.165, 1.54) is 21.6 Å². The minimum absolute atomic E-state index is 0.613. The van der Waals surface area contributed by atoms with Gasteiger partial charge < -0.3 is 14.4 Å². The molecule has 2 heterocycles. The van der Waals surface area contributed by atoms with Crippen LogP contribution in [0, 0.1) is 18.6 Å². The second-order valence-electron chi connectivity index (χ2n) is 7.52. The molecule has 1 aromatic heterocycles. The minimum Gasteiger partial charge on any atom is -0.493 e. The number of hydrogen-bond acceptors (Lipinski definition) is 5. The van der Waals surface area contributed by atoms with Crippen LogP contribution in [0.5, 0.6) is 11.5 Å². The van der Waals surface area contributed by atoms with Crippen LogP contribution in [0.25, 0.3) is 5.69 Å². The van der Waals surface area contributed by atoms with Gasteiger partial charge in [0.05, 0.1) is 26.5 Å². The zero-order valence-corrected chi connectivity index (χ0v) is 18.0. The molecule has 3 aromatic rings. The number of nitrogens with one attached hydrogen (secondary N) is 1. The summed E-state index contributed by atoms with van der Waals surface area (Å²) in [5.41, 5.74) is 5.91. The van der Waals surface area contributed by atoms with Crippen LogP contribution in [-0.4, -0.2) is 40.6 Å². The number of ether oxygens (including phenoxy) is 2. The number of quaternary nitrogens is 1. The highest BCUT2D eigenvalue weighted by molar-refractivity contribution is 7.71. The van der Waals surface area contributed by atoms with Gasteiger partial charge in [0.2, 0.25) is 4.77 Å². The lowest BCUT2D eigenvalue weighted by atomic mass is 9.99. The number of tetrazole rings is 1. The Kier molecular flexibility index (Phi) is 5.38. The number of aryl methyl sites for hydroxylation is 2. The monoisotopic (exact) mass is 412 g/mol. The fourth-order valence-corrected chi connectivity index (χ4v) is 4.18. The van der Waals surface area contributed by atoms with Crippen molar-refractivity contribution in [3.8, 4) is 17.2 Å². The average Bonchev–Trinajstić information content (AvgIpc) is 3.07. The maximum absolute atomic E-state index is 5.67. The molecule has 0 radical (unpaired) electrons. The van der Waals surface area contributed by atoms with Gasteiger partial charge in [0.25, 0.3) is 0 Å². The summed E-state index contributed by atoms with van der Waals surface area (Å²) in [7, 11) is 3.34. The second kappa shape index (κ2) is 7.96. The first-order valence-corrected chi connectivity index (χ1v) is 10.1. The number of nitrogens with zero attached hydrogens (tertiary/aromatic N) is 4. The third-order valence-electron chi connectivity index (χ3n) is 5.49. The van der Waals surface area contributed by atoms with E-state index in [-0.39, 0.29) is 0 Å². The maximum atomic E-state index is 5.67. The highest BCUT2D eigenvalue weighted by Crippen LogP contribution is 2.31. The Morgan fingerprint density at radius 2 is 1.76 bits per heavy atom. The van der Waals surface area contributed by atoms with Crippen LogP contribution >= 0.6 is 12.2 Å². The normalized spacial score (nSPS) is 15.8. The smallest absolute Gasteiger partial charge is 0.225 e. The quantitative estimate of drug-likeness (QED) is 0.650. The highest BCUT2D eigenvalue weighted by Gasteiger charge is 2.23. The van der Waals surface area contributed by atoms with Gasteiger partial charge in [0.15, 0.2) is 18.2 Å². The number of hydrogen-bond donors (Lipinski definition) is 1. The van der Waals surface area contributed by atoms with Gasteiger partial charge in [-0.1, -0.05) is 17.7 Å². The highest BCUT2D eigenvalue weighted by atomic mass is 32.1. The van der Waals surface area contributed by atoms with Crippen molar-refractivity contribution in [2.24, 2.45) is 0 Å². The summed E-state index contributed by atoms with van der Waals surface area (Å²) in [5, 5.41) is 8.64. The average molecular weight is 413 g/mol. The van der Waals surface area contributed by atoms with Gasteiger partial charge >= 0.3 is 0 Å². The first-order chi connectivity index (χ1) is 14.0. The Bertz CT molecular complexity index is 1100. The van der Waals surface area contributed by atoms with Crippen molar-refractivity contribution in [2.45, 2.75) is 33.5 Å². The number of methoxy groups -OCH3 is 2. The van der Waals surface area contributed by atoms with E-state index in [4.69, 9.17) is 21.7 Å². The van der Waals surface area contributed by atoms with Crippen molar-refractivity contribution in [3.63, 3.8) is 0 Å². The molecule has 8 heteroatoms. The lowest BCUT2D eigenvalue weighted by Crippen LogP contribution is -3.11. The first kappa shape index (κ1) is 19.6. The lowest BCUT2D eigenvalue weighted by molar-refractivity contribution is -0.939. The van der Waals surface area contributed by atoms with E-state index >= 15 is 0 Å². The molecule has 1 aliphatic heterocycles. The summed E-state index contributed by atoms with van der Waals surface area (Å²) in [6.07, 6.45) is 0.976. The van der Waals surface area contributed by atoms with Crippen LogP contribution in [0.2, 0.25) is 0 Å². The largest absolute Gasteiger partial charge is 0.493 e. The number of aromatic nitrogens is 4. The molecular weight excluding hydrogens is 386 g/mol. The Morgan fingerprint density at radius 1 is 1.03 bits per heavy atom. The summed E-state index contributed by atoms with van der Waals surface area (Å²) in [6, 6.07) is 10.4. The van der Waals surface area contributed by atoms with Crippen molar-refractivity contribution < 1.29 is 14.4 Å². The first-order valence-electron chi connectivity index (χ1n) is 9.68. The molecule has 152 valence electrons. The second-order valence-corrected chi connectivity index (χ2v) is 7.89. The molecular formula is C21H26N5O2S+. The summed E-state index contributed by atoms with van der Waals surface area (Å²) in [6.45, 7) is 6.71. The molecule has 0 bridgehead atoms. The van der Waals surface area contributed by atoms with Crippen LogP contribution in [0.15, 0.2) is 30.3 Å². The summed E-state index contributed by atoms with van der Waals surface area (Å²) in [5.74, 6) is 1.55. The minimum atomic E-state index is 0.613. The van der Waals surface area contributed by atoms with Gasteiger partial charge in [-0.2, -0.15) is 9.36 Å². The third kappa shape index (κ3) is 3.77. The van der Waals surface area contributed by atoms with Gasteiger partial charge in [0, 0.05) is 12.0 Å². The van der Waals surface area contributed by atoms with Crippen molar-refractivity contribution >= 4 is 12.2 Å². The van der Waals surface area contributed by atoms with Crippen LogP contribution in [0.3, 0.4) is 0 Å². The molecule has 1 unspecified atom stereocenters. The fourth-order valence-electron chi connectivity index (χ4n) is 3.94. The molecule has 0 saturated carbocycles. The van der Waals surface area contributed by atoms with Crippen LogP contribution in [-0.2, 0) is 19.6 Å². The molecule has 0 amide bonds. The molecule has 0 aliphatic carbocycles. The van der Waals surface area contributed by atoms with Crippen molar-refractivity contribution in [3.05, 3.63) is 57.4 Å². The molecule has 1 N–H and O–H groups in total. The van der Waals surface area contributed by atoms with Gasteiger partial charge in [0.1, 0.15) is 6.54 Å². The zero-order valence-electron chi connectivity index (χ0n) is 17.2. The zero-order chi connectivity index (χ0) is 20.5. The molecule has 1 aliphatic rings. The molecule has 7 nitrogen and oxygen atoms in total. The van der Waals surface area contributed by atoms with Crippen molar-refractivity contribution in [1.82, 2.24) is 19.8 Å². The standard InChI is InChI=1S/C21H25N5O2S/c1-14-5-6-18(15(2)9-14)26-21(29)25(22-23-26)13-24-8-7-16-10-19(27-3)20(28-4)11-17(16)12-24/h5-6,9-11H,7-8,12-13H2,1-4H3/p+1. The van der Waals surface area contributed by atoms with E-state index in [2.05, 4.69) is 48.5 Å². The predicted octanol–water partition coefficient (Wildman–Crippen LogP) is 2.03. The Hall–Kier alpha value is -2.71. The number of benzene rings is 2. The predicted molar refractivity (Wildman–Crippen MR) is 112 cm³/mol. The summed E-state index contributed by atoms with van der Waals surface area (Å²) >= 11 is 5.67. The van der Waals surface area contributed by atoms with E-state index in [9.17, 15) is 0 Å². The number of rotatable bonds is 5. The van der Waals surface area contributed by atoms with Gasteiger partial charge in [-0.15, -0.1) is 0 Å². The lowest BCUT2D eigenvalue weighted by Gasteiger charge is -2.26. The number of fused-ring (bicyclic) bond motifs is 1. The van der Waals surface area contributed by atoms with Crippen LogP contribution < -0.4 is 14.4 Å². The molecule has 0 fully saturated rings. The van der Waals surface area contributed by atoms with E-state index in [0.717, 1.165) is 42.3 Å². The topological polar surface area (TPSA) is 58.5 Å². The van der Waals surface area contributed by atoms with Gasteiger partial charge in [-0.05, 0) is 65.8 Å². The van der Waals surface area contributed by atoms with Gasteiger partial charge in [-0.25, -0.2) is 0 Å². The van der Waals surface area contributed by atoms with Crippen LogP contribution in [0.4, 0.5) is 0 Å². The van der Waals surface area contributed by atoms with E-state index in [0.29, 0.717) is 11.4 Å². The summed E-state index contributed by atoms with van der Waals surface area (Å²) < 4.78 is 15.1. The molecule has 1 atom stereocenters. The Labute approximate surface area is 175 Å². The maximum Gasteiger partial charge on any atom is 0.225 e. The molecule has 2 aromatic carbocycles. The SMILES string of the molecule is COc1cc2c(cc1OC)C[NH+](Cn1nnn(-c3ccc(C)cc3C)c1=S)CC2. The molecule has 4 rings (SSSR count). The van der Waals surface area contributed by atoms with Crippen LogP contribution in [0.1, 0.15) is 22.3 Å². The molecule has 29 heavy (non-hydrogen) atoms. The molecule has 0 saturated heterocycles. The Balaban J connectivity index is 1.56. The van der Waals surface area contributed by atoms with E-state index in [1.807, 2.05) is 10.7 Å². The molecule has 0 spiro atoms.